The fourth-order valence-corrected chi connectivity index (χ4v) is 6.68. The van der Waals surface area contributed by atoms with Crippen molar-refractivity contribution in [1.29, 1.82) is 0 Å². The van der Waals surface area contributed by atoms with Crippen LogP contribution in [0.5, 0.6) is 0 Å². The molecule has 4 aromatic rings. The Balaban J connectivity index is 1.82. The zero-order valence-electron chi connectivity index (χ0n) is 23.9. The molecule has 224 valence electrons. The van der Waals surface area contributed by atoms with Crippen LogP contribution in [0.25, 0.3) is 0 Å². The van der Waals surface area contributed by atoms with Crippen molar-refractivity contribution in [3.63, 3.8) is 0 Å². The lowest BCUT2D eigenvalue weighted by Gasteiger charge is -2.34. The van der Waals surface area contributed by atoms with Gasteiger partial charge in [0.1, 0.15) is 12.6 Å². The summed E-state index contributed by atoms with van der Waals surface area (Å²) in [5.74, 6) is -0.900. The van der Waals surface area contributed by atoms with Gasteiger partial charge in [0.05, 0.1) is 10.6 Å². The number of halogens is 2. The van der Waals surface area contributed by atoms with Gasteiger partial charge in [-0.2, -0.15) is 0 Å². The monoisotopic (exact) mass is 637 g/mol. The van der Waals surface area contributed by atoms with Gasteiger partial charge in [0.15, 0.2) is 0 Å². The highest BCUT2D eigenvalue weighted by Crippen LogP contribution is 2.30. The summed E-state index contributed by atoms with van der Waals surface area (Å²) < 4.78 is 29.0. The van der Waals surface area contributed by atoms with Crippen LogP contribution in [0.3, 0.4) is 0 Å². The van der Waals surface area contributed by atoms with Crippen molar-refractivity contribution in [2.45, 2.75) is 37.8 Å². The standard InChI is InChI=1S/C33H33Cl2N3O4S/c1-3-36-33(40)31(18-25-13-6-4-7-14-25)37(22-26-15-11-10-12-24(26)2)32(39)23-38(29-20-27(34)19-28(35)21-29)43(41,42)30-16-8-5-9-17-30/h4-17,19-21,31H,3,18,22-23H2,1-2H3,(H,36,40)/t31-/m0/s1. The van der Waals surface area contributed by atoms with E-state index < -0.39 is 28.5 Å². The summed E-state index contributed by atoms with van der Waals surface area (Å²) in [6, 6.07) is 28.3. The van der Waals surface area contributed by atoms with Crippen LogP contribution in [0.4, 0.5) is 5.69 Å². The highest BCUT2D eigenvalue weighted by atomic mass is 35.5. The Hall–Kier alpha value is -3.85. The van der Waals surface area contributed by atoms with Gasteiger partial charge in [0, 0.05) is 29.6 Å². The molecule has 0 aromatic heterocycles. The third-order valence-electron chi connectivity index (χ3n) is 6.97. The molecule has 0 bridgehead atoms. The SMILES string of the molecule is CCNC(=O)[C@H](Cc1ccccc1)N(Cc1ccccc1C)C(=O)CN(c1cc(Cl)cc(Cl)c1)S(=O)(=O)c1ccccc1. The fourth-order valence-electron chi connectivity index (χ4n) is 4.75. The smallest absolute Gasteiger partial charge is 0.264 e. The molecule has 4 aromatic carbocycles. The van der Waals surface area contributed by atoms with Gasteiger partial charge in [-0.1, -0.05) is 96.0 Å². The zero-order valence-corrected chi connectivity index (χ0v) is 26.2. The minimum atomic E-state index is -4.24. The van der Waals surface area contributed by atoms with Crippen LogP contribution in [-0.2, 0) is 32.6 Å². The van der Waals surface area contributed by atoms with Crippen LogP contribution >= 0.6 is 23.2 Å². The van der Waals surface area contributed by atoms with Crippen LogP contribution in [0.1, 0.15) is 23.6 Å². The number of amides is 2. The van der Waals surface area contributed by atoms with Gasteiger partial charge in [-0.3, -0.25) is 13.9 Å². The van der Waals surface area contributed by atoms with E-state index >= 15 is 0 Å². The Morgan fingerprint density at radius 3 is 2.02 bits per heavy atom. The molecule has 7 nitrogen and oxygen atoms in total. The first kappa shape index (κ1) is 32.1. The average molecular weight is 639 g/mol. The predicted molar refractivity (Wildman–Crippen MR) is 172 cm³/mol. The summed E-state index contributed by atoms with van der Waals surface area (Å²) in [6.07, 6.45) is 0.235. The molecular weight excluding hydrogens is 605 g/mol. The van der Waals surface area contributed by atoms with Crippen molar-refractivity contribution in [1.82, 2.24) is 10.2 Å². The molecule has 0 saturated heterocycles. The molecule has 1 N–H and O–H groups in total. The number of likely N-dealkylation sites (N-methyl/N-ethyl adjacent to an activating group) is 1. The van der Waals surface area contributed by atoms with Crippen LogP contribution in [0, 0.1) is 6.92 Å². The van der Waals surface area contributed by atoms with E-state index in [1.807, 2.05) is 68.4 Å². The van der Waals surface area contributed by atoms with E-state index in [4.69, 9.17) is 23.2 Å². The maximum Gasteiger partial charge on any atom is 0.264 e. The number of sulfonamides is 1. The van der Waals surface area contributed by atoms with Gasteiger partial charge in [-0.25, -0.2) is 8.42 Å². The number of carbonyl (C=O) groups excluding carboxylic acids is 2. The molecule has 0 spiro atoms. The number of nitrogens with zero attached hydrogens (tertiary/aromatic N) is 2. The normalized spacial score (nSPS) is 11.9. The van der Waals surface area contributed by atoms with Crippen molar-refractivity contribution in [3.05, 3.63) is 130 Å². The van der Waals surface area contributed by atoms with Crippen molar-refractivity contribution < 1.29 is 18.0 Å². The second-order valence-electron chi connectivity index (χ2n) is 10.0. The number of hydrogen-bond donors (Lipinski definition) is 1. The molecular formula is C33H33Cl2N3O4S. The number of carbonyl (C=O) groups is 2. The first-order valence-corrected chi connectivity index (χ1v) is 16.0. The number of hydrogen-bond acceptors (Lipinski definition) is 4. The lowest BCUT2D eigenvalue weighted by molar-refractivity contribution is -0.140. The van der Waals surface area contributed by atoms with Crippen LogP contribution in [-0.4, -0.2) is 44.3 Å². The molecule has 2 amide bonds. The predicted octanol–water partition coefficient (Wildman–Crippen LogP) is 6.27. The molecule has 0 aliphatic carbocycles. The summed E-state index contributed by atoms with van der Waals surface area (Å²) in [5, 5.41) is 3.28. The number of aryl methyl sites for hydroxylation is 1. The maximum atomic E-state index is 14.4. The first-order chi connectivity index (χ1) is 20.6. The van der Waals surface area contributed by atoms with E-state index in [-0.39, 0.29) is 39.5 Å². The fraction of sp³-hybridized carbons (Fsp3) is 0.212. The number of anilines is 1. The van der Waals surface area contributed by atoms with Crippen LogP contribution in [0.15, 0.2) is 108 Å². The molecule has 0 radical (unpaired) electrons. The second kappa shape index (κ2) is 14.6. The molecule has 0 fully saturated rings. The van der Waals surface area contributed by atoms with E-state index in [9.17, 15) is 18.0 Å². The summed E-state index contributed by atoms with van der Waals surface area (Å²) in [5.41, 5.74) is 2.76. The Morgan fingerprint density at radius 1 is 0.837 bits per heavy atom. The Kier molecular flexibility index (Phi) is 10.9. The summed E-state index contributed by atoms with van der Waals surface area (Å²) in [7, 11) is -4.24. The average Bonchev–Trinajstić information content (AvgIpc) is 2.99. The van der Waals surface area contributed by atoms with Crippen molar-refractivity contribution in [2.24, 2.45) is 0 Å². The third-order valence-corrected chi connectivity index (χ3v) is 9.19. The minimum Gasteiger partial charge on any atom is -0.355 e. The highest BCUT2D eigenvalue weighted by molar-refractivity contribution is 7.92. The third kappa shape index (κ3) is 8.16. The van der Waals surface area contributed by atoms with E-state index in [0.29, 0.717) is 6.54 Å². The molecule has 0 saturated carbocycles. The molecule has 0 heterocycles. The Bertz CT molecular complexity index is 1650. The van der Waals surface area contributed by atoms with E-state index in [1.54, 1.807) is 18.2 Å². The lowest BCUT2D eigenvalue weighted by Crippen LogP contribution is -2.53. The molecule has 1 atom stereocenters. The van der Waals surface area contributed by atoms with Gasteiger partial charge in [0.2, 0.25) is 11.8 Å². The maximum absolute atomic E-state index is 14.4. The zero-order chi connectivity index (χ0) is 31.0. The quantitative estimate of drug-likeness (QED) is 0.198. The van der Waals surface area contributed by atoms with Gasteiger partial charge in [0.25, 0.3) is 10.0 Å². The summed E-state index contributed by atoms with van der Waals surface area (Å²) in [6.45, 7) is 3.60. The van der Waals surface area contributed by atoms with Gasteiger partial charge in [-0.05, 0) is 60.9 Å². The van der Waals surface area contributed by atoms with Gasteiger partial charge in [-0.15, -0.1) is 0 Å². The molecule has 0 aliphatic heterocycles. The molecule has 0 aliphatic rings. The molecule has 4 rings (SSSR count). The van der Waals surface area contributed by atoms with Gasteiger partial charge >= 0.3 is 0 Å². The van der Waals surface area contributed by atoms with Crippen molar-refractivity contribution in [2.75, 3.05) is 17.4 Å². The van der Waals surface area contributed by atoms with Crippen molar-refractivity contribution >= 4 is 50.7 Å². The van der Waals surface area contributed by atoms with Crippen LogP contribution in [0.2, 0.25) is 10.0 Å². The summed E-state index contributed by atoms with van der Waals surface area (Å²) in [4.78, 5) is 29.4. The van der Waals surface area contributed by atoms with E-state index in [2.05, 4.69) is 5.32 Å². The number of benzene rings is 4. The molecule has 0 unspecified atom stereocenters. The number of nitrogens with one attached hydrogen (secondary N) is 1. The second-order valence-corrected chi connectivity index (χ2v) is 12.7. The van der Waals surface area contributed by atoms with Crippen molar-refractivity contribution in [3.8, 4) is 0 Å². The Morgan fingerprint density at radius 2 is 1.42 bits per heavy atom. The topological polar surface area (TPSA) is 86.8 Å². The Labute approximate surface area is 263 Å². The van der Waals surface area contributed by atoms with E-state index in [1.165, 1.54) is 35.2 Å². The minimum absolute atomic E-state index is 0.00564. The molecule has 10 heteroatoms. The summed E-state index contributed by atoms with van der Waals surface area (Å²) >= 11 is 12.6. The first-order valence-electron chi connectivity index (χ1n) is 13.8. The molecule has 43 heavy (non-hydrogen) atoms. The number of rotatable bonds is 12. The lowest BCUT2D eigenvalue weighted by atomic mass is 10.0. The highest BCUT2D eigenvalue weighted by Gasteiger charge is 2.34. The van der Waals surface area contributed by atoms with Gasteiger partial charge < -0.3 is 10.2 Å². The van der Waals surface area contributed by atoms with E-state index in [0.717, 1.165) is 21.0 Å². The van der Waals surface area contributed by atoms with Crippen LogP contribution < -0.4 is 9.62 Å². The largest absolute Gasteiger partial charge is 0.355 e.